The number of carbonyl (C=O) groups is 4. The summed E-state index contributed by atoms with van der Waals surface area (Å²) in [7, 11) is -15.1. The number of rotatable bonds is 68. The Morgan fingerprint density at radius 3 is 1.39 bits per heavy atom. The van der Waals surface area contributed by atoms with Gasteiger partial charge in [0, 0.05) is 57.2 Å². The second-order valence-electron chi connectivity index (χ2n) is 26.4. The quantitative estimate of drug-likeness (QED) is 0.00943. The zero-order chi connectivity index (χ0) is 85.1. The standard InChI is InChI=1S/C65H103F16N6O21P3S/c1-3-85-53(90)20-21-54(91)99-36-9-4-5-11-38-101-110(95,102-39-18-32-83)105-47-58(2,46-104-109(94,41-12-8-31-82)107-51(42-88)44-97-50-60(24-14-29-62(70,71)72,25-15-30-63(73,74)75)26-16-34-86-56(92)55(66)112)48-106-111(96,103-40-19-33-84)108-52(43-89)45-98-49-59(23-13-28-61(67,68)69,22-7-6-10-37-100-65(79,80)81)27-17-35-87-57(93)64(76,77)78/h51-52,88-89H,3-30,34-50H2,1-2H3,(H,85,90)(H,86,92)(H,87,93). The fourth-order valence-corrected chi connectivity index (χ4v) is 15.4. The number of aliphatic hydroxyl groups is 2. The highest BCUT2D eigenvalue weighted by molar-refractivity contribution is 7.81. The van der Waals surface area contributed by atoms with Crippen molar-refractivity contribution in [3.63, 3.8) is 0 Å². The second-order valence-corrected chi connectivity index (χ2v) is 32.2. The average Bonchev–Trinajstić information content (AvgIpc) is 0.830. The summed E-state index contributed by atoms with van der Waals surface area (Å²) in [5.74, 6) is -4.65. The maximum absolute atomic E-state index is 15.1. The Morgan fingerprint density at radius 2 is 0.920 bits per heavy atom. The number of halogens is 16. The molecular weight excluding hydrogens is 1630 g/mol. The van der Waals surface area contributed by atoms with Crippen LogP contribution in [0.4, 0.5) is 70.2 Å². The number of thiocarbonyl (C=S) groups is 1. The monoisotopic (exact) mass is 1730 g/mol. The summed E-state index contributed by atoms with van der Waals surface area (Å²) in [5, 5.41) is 54.4. The van der Waals surface area contributed by atoms with Gasteiger partial charge in [-0.15, -0.1) is 13.2 Å². The van der Waals surface area contributed by atoms with Crippen molar-refractivity contribution >= 4 is 64.3 Å². The van der Waals surface area contributed by atoms with Crippen molar-refractivity contribution in [1.82, 2.24) is 16.0 Å². The number of nitrogens with zero attached hydrogens (tertiary/aromatic N) is 3. The van der Waals surface area contributed by atoms with Crippen LogP contribution >= 0.6 is 35.5 Å². The normalized spacial score (nSPS) is 15.7. The van der Waals surface area contributed by atoms with E-state index >= 15 is 4.57 Å². The molecular formula is C65H103F16N6O21P3S. The number of carbonyl (C=O) groups excluding carboxylic acids is 4. The maximum atomic E-state index is 15.1. The van der Waals surface area contributed by atoms with E-state index < -0.39 is 275 Å². The van der Waals surface area contributed by atoms with E-state index in [1.54, 1.807) is 30.4 Å². The van der Waals surface area contributed by atoms with Crippen molar-refractivity contribution in [3.8, 4) is 18.2 Å². The summed E-state index contributed by atoms with van der Waals surface area (Å²) >= 11 is 4.20. The molecule has 0 aliphatic carbocycles. The van der Waals surface area contributed by atoms with E-state index in [1.165, 1.54) is 0 Å². The number of aliphatic hydroxyl groups excluding tert-OH is 2. The maximum Gasteiger partial charge on any atom is 0.522 e. The Hall–Kier alpha value is -4.51. The van der Waals surface area contributed by atoms with E-state index in [1.807, 2.05) is 0 Å². The minimum absolute atomic E-state index is 0.0273. The smallest absolute Gasteiger partial charge is 0.466 e. The van der Waals surface area contributed by atoms with E-state index in [4.69, 9.17) is 50.4 Å². The molecule has 0 radical (unpaired) electrons. The molecule has 7 unspecified atom stereocenters. The summed E-state index contributed by atoms with van der Waals surface area (Å²) in [5.41, 5.74) is -5.13. The van der Waals surface area contributed by atoms with Crippen molar-refractivity contribution in [2.24, 2.45) is 16.2 Å². The summed E-state index contributed by atoms with van der Waals surface area (Å²) in [4.78, 5) is 47.4. The number of nitrogens with one attached hydrogen (secondary N) is 3. The number of ether oxygens (including phenoxy) is 4. The van der Waals surface area contributed by atoms with Crippen LogP contribution in [-0.2, 0) is 88.0 Å². The van der Waals surface area contributed by atoms with Gasteiger partial charge in [0.15, 0.2) is 0 Å². The number of esters is 1. The van der Waals surface area contributed by atoms with Gasteiger partial charge in [0.1, 0.15) is 12.2 Å². The van der Waals surface area contributed by atoms with Crippen LogP contribution < -0.4 is 16.0 Å². The highest BCUT2D eigenvalue weighted by Gasteiger charge is 2.44. The van der Waals surface area contributed by atoms with Crippen molar-refractivity contribution in [3.05, 3.63) is 0 Å². The lowest BCUT2D eigenvalue weighted by molar-refractivity contribution is -0.324. The molecule has 0 bridgehead atoms. The van der Waals surface area contributed by atoms with Gasteiger partial charge in [-0.3, -0.25) is 55.6 Å². The molecule has 0 fully saturated rings. The molecule has 47 heteroatoms. The van der Waals surface area contributed by atoms with E-state index in [-0.39, 0.29) is 103 Å². The number of hydrogen-bond donors (Lipinski definition) is 5. The molecule has 0 aromatic heterocycles. The van der Waals surface area contributed by atoms with Crippen LogP contribution in [0.3, 0.4) is 0 Å². The SMILES string of the molecule is CCNC(=O)CCC(=O)OCCCCCCOP(=O)(OCCC#N)OCC(C)(COP(=O)(CCCC#N)OC(CO)COCC(CCCNC(=O)C(F)=S)(CCCC(F)(F)F)CCCC(F)(F)F)COP(=O)(OCCC#N)OC(CO)COCC(CCCCCOC(F)(F)F)(CCCNC(=O)C(F)(F)F)CCCC(F)(F)F. The molecule has 0 aromatic carbocycles. The average molecular weight is 1730 g/mol. The topological polar surface area (TPSA) is 378 Å². The van der Waals surface area contributed by atoms with E-state index in [2.05, 4.69) is 27.6 Å². The Kier molecular flexibility index (Phi) is 53.7. The molecule has 0 heterocycles. The molecule has 112 heavy (non-hydrogen) atoms. The fourth-order valence-electron chi connectivity index (χ4n) is 10.6. The Bertz CT molecular complexity index is 2970. The molecule has 7 atom stereocenters. The zero-order valence-electron chi connectivity index (χ0n) is 62.3. The van der Waals surface area contributed by atoms with E-state index in [0.717, 1.165) is 6.92 Å². The van der Waals surface area contributed by atoms with Gasteiger partial charge in [0.05, 0.1) is 136 Å². The summed E-state index contributed by atoms with van der Waals surface area (Å²) in [6.45, 7) is -8.97. The van der Waals surface area contributed by atoms with Crippen LogP contribution in [0.25, 0.3) is 0 Å². The molecule has 0 rings (SSSR count). The van der Waals surface area contributed by atoms with E-state index in [9.17, 15) is 125 Å². The molecule has 0 saturated heterocycles. The van der Waals surface area contributed by atoms with Gasteiger partial charge >= 0.3 is 66.2 Å². The van der Waals surface area contributed by atoms with Crippen LogP contribution in [-0.4, -0.2) is 201 Å². The van der Waals surface area contributed by atoms with Crippen molar-refractivity contribution < 1.29 is 168 Å². The number of phosphoric acid groups is 2. The number of phosphoric ester groups is 2. The van der Waals surface area contributed by atoms with Crippen molar-refractivity contribution in [1.29, 1.82) is 15.8 Å². The Labute approximate surface area is 645 Å². The zero-order valence-corrected chi connectivity index (χ0v) is 65.8. The van der Waals surface area contributed by atoms with Crippen molar-refractivity contribution in [2.45, 2.75) is 230 Å². The van der Waals surface area contributed by atoms with Gasteiger partial charge in [-0.05, 0) is 133 Å². The minimum Gasteiger partial charge on any atom is -0.466 e. The Balaban J connectivity index is 7.77. The number of hydrogen-bond acceptors (Lipinski definition) is 25. The van der Waals surface area contributed by atoms with Crippen LogP contribution in [0.1, 0.15) is 187 Å². The molecule has 3 amide bonds. The molecule has 0 aliphatic heterocycles. The lowest BCUT2D eigenvalue weighted by atomic mass is 9.75. The summed E-state index contributed by atoms with van der Waals surface area (Å²) in [6.07, 6.45) is -38.4. The van der Waals surface area contributed by atoms with Crippen LogP contribution in [0, 0.1) is 50.2 Å². The first-order valence-corrected chi connectivity index (χ1v) is 40.9. The largest absolute Gasteiger partial charge is 0.522 e. The number of amides is 3. The molecule has 0 saturated carbocycles. The lowest BCUT2D eigenvalue weighted by Gasteiger charge is -2.36. The number of unbranched alkanes of at least 4 members (excludes halogenated alkanes) is 6. The molecule has 0 spiro atoms. The van der Waals surface area contributed by atoms with Gasteiger partial charge in [-0.2, -0.15) is 72.9 Å². The highest BCUT2D eigenvalue weighted by Crippen LogP contribution is 2.56. The van der Waals surface area contributed by atoms with Gasteiger partial charge in [-0.1, -0.05) is 26.2 Å². The second kappa shape index (κ2) is 56.0. The summed E-state index contributed by atoms with van der Waals surface area (Å²) in [6, 6.07) is 5.25. The lowest BCUT2D eigenvalue weighted by Crippen LogP contribution is -2.38. The van der Waals surface area contributed by atoms with Crippen LogP contribution in [0.15, 0.2) is 0 Å². The van der Waals surface area contributed by atoms with Gasteiger partial charge in [-0.25, -0.2) is 9.13 Å². The van der Waals surface area contributed by atoms with Gasteiger partial charge in [0.25, 0.3) is 11.0 Å². The Morgan fingerprint density at radius 1 is 0.482 bits per heavy atom. The number of nitriles is 3. The third-order valence-corrected chi connectivity index (χ3v) is 21.3. The minimum atomic E-state index is -5.34. The number of alkyl halides is 15. The molecule has 5 N–H and O–H groups in total. The summed E-state index contributed by atoms with van der Waals surface area (Å²) < 4.78 is 324. The first-order chi connectivity index (χ1) is 52.2. The first kappa shape index (κ1) is 107. The molecule has 0 aromatic rings. The first-order valence-electron chi connectivity index (χ1n) is 35.9. The third-order valence-electron chi connectivity index (χ3n) is 16.2. The van der Waals surface area contributed by atoms with Crippen LogP contribution in [0.2, 0.25) is 0 Å². The van der Waals surface area contributed by atoms with Crippen LogP contribution in [0.5, 0.6) is 0 Å². The molecule has 0 aliphatic rings. The van der Waals surface area contributed by atoms with Crippen molar-refractivity contribution in [2.75, 3.05) is 118 Å². The van der Waals surface area contributed by atoms with Gasteiger partial charge < -0.3 is 49.4 Å². The van der Waals surface area contributed by atoms with Gasteiger partial charge in [0.2, 0.25) is 5.91 Å². The fraction of sp³-hybridized carbons (Fsp3) is 0.877. The van der Waals surface area contributed by atoms with E-state index in [0.29, 0.717) is 25.8 Å². The molecule has 652 valence electrons. The molecule has 27 nitrogen and oxygen atoms in total. The highest BCUT2D eigenvalue weighted by atomic mass is 32.1. The third kappa shape index (κ3) is 55.9. The predicted molar refractivity (Wildman–Crippen MR) is 369 cm³/mol. The predicted octanol–water partition coefficient (Wildman–Crippen LogP) is 15.4.